The molecule has 104 valence electrons. The Balaban J connectivity index is 1.58. The Morgan fingerprint density at radius 2 is 2.22 bits per heavy atom. The van der Waals surface area contributed by atoms with Crippen LogP contribution in [0.3, 0.4) is 0 Å². The van der Waals surface area contributed by atoms with Gasteiger partial charge in [-0.3, -0.25) is 9.80 Å². The van der Waals surface area contributed by atoms with Gasteiger partial charge < -0.3 is 5.32 Å². The first-order valence-electron chi connectivity index (χ1n) is 7.98. The second kappa shape index (κ2) is 5.48. The smallest absolute Gasteiger partial charge is 0.0224 e. The van der Waals surface area contributed by atoms with Crippen LogP contribution >= 0.6 is 0 Å². The summed E-state index contributed by atoms with van der Waals surface area (Å²) < 4.78 is 0. The van der Waals surface area contributed by atoms with Crippen molar-refractivity contribution in [1.82, 2.24) is 15.1 Å². The monoisotopic (exact) mass is 251 g/mol. The third-order valence-corrected chi connectivity index (χ3v) is 5.34. The van der Waals surface area contributed by atoms with Crippen LogP contribution in [0.15, 0.2) is 0 Å². The summed E-state index contributed by atoms with van der Waals surface area (Å²) in [5.41, 5.74) is 0.593. The van der Waals surface area contributed by atoms with Gasteiger partial charge in [0.2, 0.25) is 0 Å². The summed E-state index contributed by atoms with van der Waals surface area (Å²) in [6.45, 7) is 11.5. The summed E-state index contributed by atoms with van der Waals surface area (Å²) in [6, 6.07) is 0.881. The molecule has 0 aromatic heterocycles. The van der Waals surface area contributed by atoms with Gasteiger partial charge in [0.05, 0.1) is 0 Å². The van der Waals surface area contributed by atoms with Crippen LogP contribution in [0.2, 0.25) is 0 Å². The second-order valence-corrected chi connectivity index (χ2v) is 6.74. The summed E-state index contributed by atoms with van der Waals surface area (Å²) in [6.07, 6.45) is 7.01. The number of fused-ring (bicyclic) bond motifs is 1. The standard InChI is InChI=1S/C15H29N3/c1-2-5-15(6-7-16-12-15)13-17-9-10-18-8-3-4-14(18)11-17/h14,16H,2-13H2,1H3. The number of hydrogen-bond donors (Lipinski definition) is 1. The molecule has 3 rings (SSSR count). The Morgan fingerprint density at radius 3 is 3.00 bits per heavy atom. The highest BCUT2D eigenvalue weighted by molar-refractivity contribution is 4.94. The Hall–Kier alpha value is -0.120. The first-order chi connectivity index (χ1) is 8.81. The van der Waals surface area contributed by atoms with Crippen molar-refractivity contribution in [3.63, 3.8) is 0 Å². The van der Waals surface area contributed by atoms with Crippen molar-refractivity contribution in [1.29, 1.82) is 0 Å². The third kappa shape index (κ3) is 2.59. The van der Waals surface area contributed by atoms with Gasteiger partial charge in [0.1, 0.15) is 0 Å². The SMILES string of the molecule is CCCC1(CN2CCN3CCCC3C2)CCNC1. The lowest BCUT2D eigenvalue weighted by atomic mass is 9.81. The Bertz CT molecular complexity index is 273. The van der Waals surface area contributed by atoms with Crippen molar-refractivity contribution in [3.8, 4) is 0 Å². The maximum Gasteiger partial charge on any atom is 0.0224 e. The summed E-state index contributed by atoms with van der Waals surface area (Å²) >= 11 is 0. The van der Waals surface area contributed by atoms with Crippen molar-refractivity contribution in [2.24, 2.45) is 5.41 Å². The third-order valence-electron chi connectivity index (χ3n) is 5.34. The van der Waals surface area contributed by atoms with Crippen molar-refractivity contribution < 1.29 is 0 Å². The van der Waals surface area contributed by atoms with Gasteiger partial charge in [0.25, 0.3) is 0 Å². The zero-order valence-corrected chi connectivity index (χ0v) is 12.0. The lowest BCUT2D eigenvalue weighted by Gasteiger charge is -2.42. The molecule has 3 saturated heterocycles. The fourth-order valence-electron chi connectivity index (χ4n) is 4.43. The second-order valence-electron chi connectivity index (χ2n) is 6.74. The predicted octanol–water partition coefficient (Wildman–Crippen LogP) is 1.55. The van der Waals surface area contributed by atoms with E-state index in [0.29, 0.717) is 5.41 Å². The molecule has 3 heterocycles. The average molecular weight is 251 g/mol. The minimum absolute atomic E-state index is 0.593. The maximum absolute atomic E-state index is 3.60. The largest absolute Gasteiger partial charge is 0.316 e. The molecule has 0 spiro atoms. The van der Waals surface area contributed by atoms with Crippen LogP contribution in [-0.4, -0.2) is 61.7 Å². The summed E-state index contributed by atoms with van der Waals surface area (Å²) in [4.78, 5) is 5.49. The van der Waals surface area contributed by atoms with E-state index in [0.717, 1.165) is 6.04 Å². The lowest BCUT2D eigenvalue weighted by molar-refractivity contribution is 0.0663. The van der Waals surface area contributed by atoms with Crippen molar-refractivity contribution in [2.75, 3.05) is 45.8 Å². The molecule has 0 amide bonds. The average Bonchev–Trinajstić information content (AvgIpc) is 2.98. The molecule has 0 aliphatic carbocycles. The molecule has 2 unspecified atom stereocenters. The molecule has 3 heteroatoms. The Kier molecular flexibility index (Phi) is 3.92. The van der Waals surface area contributed by atoms with Gasteiger partial charge in [-0.1, -0.05) is 13.3 Å². The highest BCUT2D eigenvalue weighted by atomic mass is 15.3. The van der Waals surface area contributed by atoms with E-state index in [1.807, 2.05) is 0 Å². The van der Waals surface area contributed by atoms with E-state index in [1.54, 1.807) is 0 Å². The quantitative estimate of drug-likeness (QED) is 0.818. The highest BCUT2D eigenvalue weighted by Crippen LogP contribution is 2.33. The van der Waals surface area contributed by atoms with Gasteiger partial charge in [0, 0.05) is 38.8 Å². The van der Waals surface area contributed by atoms with E-state index < -0.39 is 0 Å². The molecule has 0 saturated carbocycles. The van der Waals surface area contributed by atoms with Crippen LogP contribution < -0.4 is 5.32 Å². The minimum Gasteiger partial charge on any atom is -0.316 e. The molecule has 0 radical (unpaired) electrons. The van der Waals surface area contributed by atoms with Gasteiger partial charge in [0.15, 0.2) is 0 Å². The molecular formula is C15H29N3. The van der Waals surface area contributed by atoms with E-state index in [1.165, 1.54) is 77.9 Å². The van der Waals surface area contributed by atoms with E-state index in [4.69, 9.17) is 0 Å². The van der Waals surface area contributed by atoms with Gasteiger partial charge >= 0.3 is 0 Å². The maximum atomic E-state index is 3.60. The lowest BCUT2D eigenvalue weighted by Crippen LogP contribution is -2.53. The minimum atomic E-state index is 0.593. The molecule has 0 aromatic carbocycles. The van der Waals surface area contributed by atoms with Crippen molar-refractivity contribution in [3.05, 3.63) is 0 Å². The number of nitrogens with zero attached hydrogens (tertiary/aromatic N) is 2. The molecule has 0 bridgehead atoms. The van der Waals surface area contributed by atoms with Gasteiger partial charge in [-0.25, -0.2) is 0 Å². The van der Waals surface area contributed by atoms with E-state index >= 15 is 0 Å². The molecule has 18 heavy (non-hydrogen) atoms. The van der Waals surface area contributed by atoms with Crippen LogP contribution in [0.1, 0.15) is 39.0 Å². The van der Waals surface area contributed by atoms with Gasteiger partial charge in [-0.2, -0.15) is 0 Å². The zero-order valence-electron chi connectivity index (χ0n) is 12.0. The first kappa shape index (κ1) is 12.9. The molecule has 3 nitrogen and oxygen atoms in total. The molecule has 3 aliphatic heterocycles. The fraction of sp³-hybridized carbons (Fsp3) is 1.00. The van der Waals surface area contributed by atoms with Crippen LogP contribution in [0.25, 0.3) is 0 Å². The Labute approximate surface area is 112 Å². The summed E-state index contributed by atoms with van der Waals surface area (Å²) in [5, 5.41) is 3.60. The molecular weight excluding hydrogens is 222 g/mol. The number of rotatable bonds is 4. The molecule has 3 fully saturated rings. The molecule has 1 N–H and O–H groups in total. The molecule has 3 aliphatic rings. The van der Waals surface area contributed by atoms with E-state index in [9.17, 15) is 0 Å². The zero-order chi connectivity index (χ0) is 12.4. The summed E-state index contributed by atoms with van der Waals surface area (Å²) in [7, 11) is 0. The van der Waals surface area contributed by atoms with Gasteiger partial charge in [-0.05, 0) is 44.2 Å². The van der Waals surface area contributed by atoms with Gasteiger partial charge in [-0.15, -0.1) is 0 Å². The highest BCUT2D eigenvalue weighted by Gasteiger charge is 2.37. The van der Waals surface area contributed by atoms with Crippen molar-refractivity contribution >= 4 is 0 Å². The van der Waals surface area contributed by atoms with Crippen LogP contribution in [0.5, 0.6) is 0 Å². The summed E-state index contributed by atoms with van der Waals surface area (Å²) in [5.74, 6) is 0. The van der Waals surface area contributed by atoms with Crippen LogP contribution in [-0.2, 0) is 0 Å². The Morgan fingerprint density at radius 1 is 1.28 bits per heavy atom. The van der Waals surface area contributed by atoms with E-state index in [-0.39, 0.29) is 0 Å². The predicted molar refractivity (Wildman–Crippen MR) is 75.9 cm³/mol. The number of piperazine rings is 1. The number of hydrogen-bond acceptors (Lipinski definition) is 3. The number of nitrogens with one attached hydrogen (secondary N) is 1. The van der Waals surface area contributed by atoms with Crippen LogP contribution in [0, 0.1) is 5.41 Å². The molecule has 2 atom stereocenters. The van der Waals surface area contributed by atoms with Crippen LogP contribution in [0.4, 0.5) is 0 Å². The van der Waals surface area contributed by atoms with E-state index in [2.05, 4.69) is 22.0 Å². The first-order valence-corrected chi connectivity index (χ1v) is 7.98. The van der Waals surface area contributed by atoms with Crippen molar-refractivity contribution in [2.45, 2.75) is 45.1 Å². The fourth-order valence-corrected chi connectivity index (χ4v) is 4.43. The topological polar surface area (TPSA) is 18.5 Å². The molecule has 0 aromatic rings. The normalized spacial score (nSPS) is 38.2.